The molecule has 2 aromatic rings. The summed E-state index contributed by atoms with van der Waals surface area (Å²) in [6.45, 7) is 0. The molecule has 18 heavy (non-hydrogen) atoms. The van der Waals surface area contributed by atoms with Crippen LogP contribution in [0.2, 0.25) is 0 Å². The molecule has 0 aliphatic carbocycles. The van der Waals surface area contributed by atoms with Crippen LogP contribution in [0.4, 0.5) is 5.82 Å². The summed E-state index contributed by atoms with van der Waals surface area (Å²) in [7, 11) is 0. The Hall–Kier alpha value is -2.44. The smallest absolute Gasteiger partial charge is 0.146 e. The van der Waals surface area contributed by atoms with E-state index in [1.54, 1.807) is 24.3 Å². The Bertz CT molecular complexity index is 675. The third-order valence-electron chi connectivity index (χ3n) is 2.41. The van der Waals surface area contributed by atoms with Gasteiger partial charge in [0.25, 0.3) is 0 Å². The van der Waals surface area contributed by atoms with Crippen LogP contribution in [0.5, 0.6) is 0 Å². The first-order valence-corrected chi connectivity index (χ1v) is 6.27. The molecule has 5 nitrogen and oxygen atoms in total. The molecule has 0 aliphatic heterocycles. The maximum absolute atomic E-state index is 9.04. The van der Waals surface area contributed by atoms with Gasteiger partial charge in [0.1, 0.15) is 22.5 Å². The lowest BCUT2D eigenvalue weighted by molar-refractivity contribution is 0.845. The van der Waals surface area contributed by atoms with Crippen molar-refractivity contribution in [1.82, 2.24) is 9.78 Å². The highest BCUT2D eigenvalue weighted by molar-refractivity contribution is 7.98. The van der Waals surface area contributed by atoms with Crippen LogP contribution in [0.3, 0.4) is 0 Å². The quantitative estimate of drug-likeness (QED) is 0.828. The van der Waals surface area contributed by atoms with Gasteiger partial charge < -0.3 is 5.73 Å². The number of hydrogen-bond donors (Lipinski definition) is 1. The topological polar surface area (TPSA) is 91.4 Å². The van der Waals surface area contributed by atoms with Crippen molar-refractivity contribution in [2.24, 2.45) is 0 Å². The molecule has 0 amide bonds. The van der Waals surface area contributed by atoms with Crippen molar-refractivity contribution in [3.63, 3.8) is 0 Å². The molecule has 0 atom stereocenters. The molecule has 2 rings (SSSR count). The fraction of sp³-hybridized carbons (Fsp3) is 0.0833. The van der Waals surface area contributed by atoms with Crippen LogP contribution in [-0.4, -0.2) is 16.0 Å². The predicted molar refractivity (Wildman–Crippen MR) is 69.2 cm³/mol. The maximum Gasteiger partial charge on any atom is 0.146 e. The summed E-state index contributed by atoms with van der Waals surface area (Å²) >= 11 is 1.36. The van der Waals surface area contributed by atoms with Crippen LogP contribution < -0.4 is 5.73 Å². The predicted octanol–water partition coefficient (Wildman–Crippen LogP) is 1.92. The summed E-state index contributed by atoms with van der Waals surface area (Å²) < 4.78 is 1.48. The fourth-order valence-corrected chi connectivity index (χ4v) is 2.08. The van der Waals surface area contributed by atoms with E-state index in [2.05, 4.69) is 11.2 Å². The van der Waals surface area contributed by atoms with E-state index in [4.69, 9.17) is 16.3 Å². The molecule has 0 spiro atoms. The Morgan fingerprint density at radius 3 is 2.67 bits per heavy atom. The molecule has 1 heterocycles. The normalized spacial score (nSPS) is 9.72. The van der Waals surface area contributed by atoms with Crippen molar-refractivity contribution in [2.45, 2.75) is 5.03 Å². The van der Waals surface area contributed by atoms with Gasteiger partial charge >= 0.3 is 0 Å². The molecule has 88 valence electrons. The minimum Gasteiger partial charge on any atom is -0.382 e. The Labute approximate surface area is 108 Å². The summed E-state index contributed by atoms with van der Waals surface area (Å²) in [4.78, 5) is 0. The second-order valence-electron chi connectivity index (χ2n) is 3.46. The van der Waals surface area contributed by atoms with Gasteiger partial charge in [-0.15, -0.1) is 11.8 Å². The zero-order chi connectivity index (χ0) is 13.1. The van der Waals surface area contributed by atoms with Gasteiger partial charge in [0.15, 0.2) is 0 Å². The summed E-state index contributed by atoms with van der Waals surface area (Å²) in [6, 6.07) is 11.0. The van der Waals surface area contributed by atoms with Crippen LogP contribution in [0.1, 0.15) is 11.1 Å². The van der Waals surface area contributed by atoms with Gasteiger partial charge in [0.2, 0.25) is 0 Å². The first kappa shape index (κ1) is 12.0. The Morgan fingerprint density at radius 2 is 2.11 bits per heavy atom. The monoisotopic (exact) mass is 255 g/mol. The highest BCUT2D eigenvalue weighted by Gasteiger charge is 2.15. The summed E-state index contributed by atoms with van der Waals surface area (Å²) in [5, 5.41) is 22.8. The van der Waals surface area contributed by atoms with Gasteiger partial charge in [-0.1, -0.05) is 6.07 Å². The van der Waals surface area contributed by atoms with E-state index in [0.717, 1.165) is 0 Å². The largest absolute Gasteiger partial charge is 0.382 e. The molecular formula is C12H9N5S. The number of hydrogen-bond acceptors (Lipinski definition) is 5. The van der Waals surface area contributed by atoms with Crippen LogP contribution in [0, 0.1) is 22.7 Å². The number of rotatable bonds is 2. The Balaban J connectivity index is 2.62. The van der Waals surface area contributed by atoms with E-state index in [9.17, 15) is 0 Å². The molecule has 0 aliphatic rings. The minimum absolute atomic E-state index is 0.289. The van der Waals surface area contributed by atoms with Gasteiger partial charge in [-0.2, -0.15) is 15.6 Å². The zero-order valence-electron chi connectivity index (χ0n) is 9.58. The molecule has 0 unspecified atom stereocenters. The SMILES string of the molecule is CSc1nn(-c2cccc(C#N)c2)c(N)c1C#N. The van der Waals surface area contributed by atoms with E-state index in [1.165, 1.54) is 16.4 Å². The molecule has 2 N–H and O–H groups in total. The number of nitrogens with zero attached hydrogens (tertiary/aromatic N) is 4. The van der Waals surface area contributed by atoms with Crippen molar-refractivity contribution in [3.05, 3.63) is 35.4 Å². The van der Waals surface area contributed by atoms with Gasteiger partial charge in [-0.05, 0) is 24.5 Å². The van der Waals surface area contributed by atoms with Gasteiger partial charge in [0, 0.05) is 0 Å². The van der Waals surface area contributed by atoms with Crippen molar-refractivity contribution in [3.8, 4) is 17.8 Å². The number of aromatic nitrogens is 2. The minimum atomic E-state index is 0.289. The van der Waals surface area contributed by atoms with Crippen molar-refractivity contribution in [2.75, 3.05) is 12.0 Å². The van der Waals surface area contributed by atoms with E-state index >= 15 is 0 Å². The van der Waals surface area contributed by atoms with Crippen LogP contribution in [0.25, 0.3) is 5.69 Å². The van der Waals surface area contributed by atoms with Gasteiger partial charge in [-0.25, -0.2) is 4.68 Å². The lowest BCUT2D eigenvalue weighted by Crippen LogP contribution is -2.02. The third-order valence-corrected chi connectivity index (χ3v) is 3.09. The molecular weight excluding hydrogens is 246 g/mol. The second-order valence-corrected chi connectivity index (χ2v) is 4.25. The molecule has 0 fully saturated rings. The molecule has 0 saturated heterocycles. The van der Waals surface area contributed by atoms with E-state index in [-0.39, 0.29) is 5.82 Å². The van der Waals surface area contributed by atoms with E-state index in [0.29, 0.717) is 21.8 Å². The first-order valence-electron chi connectivity index (χ1n) is 5.04. The number of nitriles is 2. The number of benzene rings is 1. The Kier molecular flexibility index (Phi) is 3.22. The summed E-state index contributed by atoms with van der Waals surface area (Å²) in [6.07, 6.45) is 1.83. The second kappa shape index (κ2) is 4.82. The van der Waals surface area contributed by atoms with Gasteiger partial charge in [0.05, 0.1) is 17.3 Å². The molecule has 1 aromatic heterocycles. The first-order chi connectivity index (χ1) is 8.71. The average molecular weight is 255 g/mol. The number of nitrogen functional groups attached to an aromatic ring is 1. The molecule has 0 radical (unpaired) electrons. The zero-order valence-corrected chi connectivity index (χ0v) is 10.4. The highest BCUT2D eigenvalue weighted by atomic mass is 32.2. The molecule has 6 heteroatoms. The highest BCUT2D eigenvalue weighted by Crippen LogP contribution is 2.26. The Morgan fingerprint density at radius 1 is 1.33 bits per heavy atom. The van der Waals surface area contributed by atoms with E-state index < -0.39 is 0 Å². The third kappa shape index (κ3) is 1.90. The number of nitrogens with two attached hydrogens (primary N) is 1. The summed E-state index contributed by atoms with van der Waals surface area (Å²) in [5.74, 6) is 0.289. The van der Waals surface area contributed by atoms with Crippen LogP contribution in [-0.2, 0) is 0 Å². The molecule has 0 saturated carbocycles. The fourth-order valence-electron chi connectivity index (χ4n) is 1.56. The van der Waals surface area contributed by atoms with Crippen molar-refractivity contribution >= 4 is 17.6 Å². The van der Waals surface area contributed by atoms with Crippen LogP contribution >= 0.6 is 11.8 Å². The van der Waals surface area contributed by atoms with Crippen LogP contribution in [0.15, 0.2) is 29.3 Å². The number of thioether (sulfide) groups is 1. The molecule has 1 aromatic carbocycles. The lowest BCUT2D eigenvalue weighted by atomic mass is 10.2. The maximum atomic E-state index is 9.04. The van der Waals surface area contributed by atoms with Crippen molar-refractivity contribution in [1.29, 1.82) is 10.5 Å². The van der Waals surface area contributed by atoms with Gasteiger partial charge in [-0.3, -0.25) is 0 Å². The average Bonchev–Trinajstić information content (AvgIpc) is 2.75. The van der Waals surface area contributed by atoms with E-state index in [1.807, 2.05) is 12.3 Å². The lowest BCUT2D eigenvalue weighted by Gasteiger charge is -2.03. The molecule has 0 bridgehead atoms. The number of anilines is 1. The van der Waals surface area contributed by atoms with Crippen molar-refractivity contribution < 1.29 is 0 Å². The summed E-state index contributed by atoms with van der Waals surface area (Å²) in [5.41, 5.74) is 7.45. The standard InChI is InChI=1S/C12H9N5S/c1-18-12-10(7-14)11(15)17(16-12)9-4-2-3-8(5-9)6-13/h2-5H,15H2,1H3.